The summed E-state index contributed by atoms with van der Waals surface area (Å²) >= 11 is 0. The molecule has 0 aliphatic heterocycles. The summed E-state index contributed by atoms with van der Waals surface area (Å²) in [5.74, 6) is -0.836. The van der Waals surface area contributed by atoms with E-state index in [0.29, 0.717) is 11.2 Å². The molecule has 0 fully saturated rings. The number of halogens is 1. The first kappa shape index (κ1) is 21.5. The second kappa shape index (κ2) is 8.42. The van der Waals surface area contributed by atoms with Crippen LogP contribution in [0.15, 0.2) is 53.3 Å². The molecule has 6 nitrogen and oxygen atoms in total. The van der Waals surface area contributed by atoms with Gasteiger partial charge >= 0.3 is 0 Å². The Kier molecular flexibility index (Phi) is 5.65. The van der Waals surface area contributed by atoms with E-state index in [2.05, 4.69) is 5.32 Å². The zero-order valence-corrected chi connectivity index (χ0v) is 18.6. The highest BCUT2D eigenvalue weighted by Crippen LogP contribution is 2.26. The summed E-state index contributed by atoms with van der Waals surface area (Å²) < 4.78 is 17.2. The molecule has 4 rings (SSSR count). The number of para-hydroxylation sites is 1. The SMILES string of the molecule is Cc1ccc(-n2nc(C)c3c(C)c(CCC(=O)Nc4ccccc4F)c(=O)n(C)c32)cc1. The molecule has 0 atom stereocenters. The number of anilines is 1. The number of pyridine rings is 1. The number of fused-ring (bicyclic) bond motifs is 1. The molecule has 2 heterocycles. The fourth-order valence-electron chi connectivity index (χ4n) is 4.05. The van der Waals surface area contributed by atoms with E-state index >= 15 is 0 Å². The lowest BCUT2D eigenvalue weighted by Crippen LogP contribution is -2.25. The highest BCUT2D eigenvalue weighted by molar-refractivity contribution is 5.91. The minimum atomic E-state index is -0.492. The molecular formula is C25H25FN4O2. The highest BCUT2D eigenvalue weighted by Gasteiger charge is 2.20. The predicted octanol–water partition coefficient (Wildman–Crippen LogP) is 4.36. The van der Waals surface area contributed by atoms with Gasteiger partial charge in [-0.05, 0) is 57.0 Å². The molecule has 2 aromatic heterocycles. The number of hydrogen-bond donors (Lipinski definition) is 1. The van der Waals surface area contributed by atoms with E-state index in [0.717, 1.165) is 27.9 Å². The number of hydrogen-bond acceptors (Lipinski definition) is 3. The van der Waals surface area contributed by atoms with E-state index < -0.39 is 5.82 Å². The van der Waals surface area contributed by atoms with Crippen molar-refractivity contribution in [3.63, 3.8) is 0 Å². The van der Waals surface area contributed by atoms with Crippen molar-refractivity contribution in [3.05, 3.63) is 87.1 Å². The number of benzene rings is 2. The van der Waals surface area contributed by atoms with Crippen LogP contribution in [0.2, 0.25) is 0 Å². The Balaban J connectivity index is 1.69. The zero-order valence-electron chi connectivity index (χ0n) is 18.6. The van der Waals surface area contributed by atoms with Gasteiger partial charge < -0.3 is 5.32 Å². The topological polar surface area (TPSA) is 68.9 Å². The van der Waals surface area contributed by atoms with Crippen molar-refractivity contribution in [2.45, 2.75) is 33.6 Å². The van der Waals surface area contributed by atoms with Crippen LogP contribution in [0.5, 0.6) is 0 Å². The van der Waals surface area contributed by atoms with E-state index in [9.17, 15) is 14.0 Å². The largest absolute Gasteiger partial charge is 0.324 e. The normalized spacial score (nSPS) is 11.2. The minimum Gasteiger partial charge on any atom is -0.324 e. The van der Waals surface area contributed by atoms with Crippen molar-refractivity contribution >= 4 is 22.6 Å². The number of nitrogens with zero attached hydrogens (tertiary/aromatic N) is 3. The van der Waals surface area contributed by atoms with Crippen LogP contribution in [-0.4, -0.2) is 20.3 Å². The fourth-order valence-corrected chi connectivity index (χ4v) is 4.05. The van der Waals surface area contributed by atoms with Gasteiger partial charge in [-0.15, -0.1) is 0 Å². The quantitative estimate of drug-likeness (QED) is 0.510. The van der Waals surface area contributed by atoms with Crippen molar-refractivity contribution in [2.75, 3.05) is 5.32 Å². The molecule has 7 heteroatoms. The molecule has 0 saturated heterocycles. The highest BCUT2D eigenvalue weighted by atomic mass is 19.1. The number of aryl methyl sites for hydroxylation is 4. The molecule has 1 N–H and O–H groups in total. The lowest BCUT2D eigenvalue weighted by atomic mass is 10.0. The third-order valence-electron chi connectivity index (χ3n) is 5.77. The van der Waals surface area contributed by atoms with Crippen LogP contribution >= 0.6 is 0 Å². The van der Waals surface area contributed by atoms with Crippen LogP contribution < -0.4 is 10.9 Å². The number of carbonyl (C=O) groups is 1. The van der Waals surface area contributed by atoms with Crippen LogP contribution in [0, 0.1) is 26.6 Å². The first-order valence-corrected chi connectivity index (χ1v) is 10.5. The minimum absolute atomic E-state index is 0.0705. The monoisotopic (exact) mass is 432 g/mol. The molecule has 164 valence electrons. The smallest absolute Gasteiger partial charge is 0.255 e. The van der Waals surface area contributed by atoms with E-state index in [1.54, 1.807) is 28.4 Å². The maximum atomic E-state index is 13.8. The molecule has 4 aromatic rings. The van der Waals surface area contributed by atoms with Crippen molar-refractivity contribution in [3.8, 4) is 5.69 Å². The lowest BCUT2D eigenvalue weighted by Gasteiger charge is -2.13. The average Bonchev–Trinajstić information content (AvgIpc) is 3.11. The Hall–Kier alpha value is -3.74. The Bertz CT molecular complexity index is 1380. The van der Waals surface area contributed by atoms with E-state index in [1.165, 1.54) is 12.1 Å². The second-order valence-electron chi connectivity index (χ2n) is 8.03. The summed E-state index contributed by atoms with van der Waals surface area (Å²) in [6.45, 7) is 5.83. The first-order valence-electron chi connectivity index (χ1n) is 10.5. The molecule has 0 spiro atoms. The van der Waals surface area contributed by atoms with E-state index in [-0.39, 0.29) is 30.0 Å². The zero-order chi connectivity index (χ0) is 23.0. The number of aromatic nitrogens is 3. The van der Waals surface area contributed by atoms with Crippen LogP contribution in [0.4, 0.5) is 10.1 Å². The Labute approximate surface area is 185 Å². The molecule has 32 heavy (non-hydrogen) atoms. The molecule has 0 bridgehead atoms. The third kappa shape index (κ3) is 3.82. The van der Waals surface area contributed by atoms with Gasteiger partial charge in [0.25, 0.3) is 5.56 Å². The molecule has 0 aliphatic carbocycles. The maximum Gasteiger partial charge on any atom is 0.255 e. The van der Waals surface area contributed by atoms with Gasteiger partial charge in [-0.3, -0.25) is 14.2 Å². The summed E-state index contributed by atoms with van der Waals surface area (Å²) in [4.78, 5) is 25.6. The van der Waals surface area contributed by atoms with Gasteiger partial charge in [-0.1, -0.05) is 29.8 Å². The summed E-state index contributed by atoms with van der Waals surface area (Å²) in [5, 5.41) is 8.16. The van der Waals surface area contributed by atoms with Gasteiger partial charge in [-0.2, -0.15) is 5.10 Å². The summed E-state index contributed by atoms with van der Waals surface area (Å²) in [5.41, 5.74) is 4.89. The first-order chi connectivity index (χ1) is 15.3. The second-order valence-corrected chi connectivity index (χ2v) is 8.03. The van der Waals surface area contributed by atoms with Gasteiger partial charge in [0.15, 0.2) is 0 Å². The van der Waals surface area contributed by atoms with E-state index in [1.807, 2.05) is 45.0 Å². The van der Waals surface area contributed by atoms with Crippen LogP contribution in [-0.2, 0) is 18.3 Å². The van der Waals surface area contributed by atoms with Crippen molar-refractivity contribution in [1.29, 1.82) is 0 Å². The van der Waals surface area contributed by atoms with Crippen LogP contribution in [0.3, 0.4) is 0 Å². The maximum absolute atomic E-state index is 13.8. The number of carbonyl (C=O) groups excluding carboxylic acids is 1. The van der Waals surface area contributed by atoms with Crippen LogP contribution in [0.1, 0.15) is 28.8 Å². The number of rotatable bonds is 5. The van der Waals surface area contributed by atoms with Gasteiger partial charge in [0.2, 0.25) is 5.91 Å². The summed E-state index contributed by atoms with van der Waals surface area (Å²) in [7, 11) is 1.72. The van der Waals surface area contributed by atoms with Gasteiger partial charge in [0.05, 0.1) is 17.1 Å². The molecule has 1 amide bonds. The third-order valence-corrected chi connectivity index (χ3v) is 5.77. The van der Waals surface area contributed by atoms with Gasteiger partial charge in [-0.25, -0.2) is 9.07 Å². The average molecular weight is 432 g/mol. The van der Waals surface area contributed by atoms with Crippen LogP contribution in [0.25, 0.3) is 16.7 Å². The number of amides is 1. The van der Waals surface area contributed by atoms with Gasteiger partial charge in [0, 0.05) is 24.4 Å². The molecule has 0 unspecified atom stereocenters. The Morgan fingerprint density at radius 1 is 1.06 bits per heavy atom. The van der Waals surface area contributed by atoms with Crippen molar-refractivity contribution < 1.29 is 9.18 Å². The van der Waals surface area contributed by atoms with Crippen molar-refractivity contribution in [1.82, 2.24) is 14.3 Å². The summed E-state index contributed by atoms with van der Waals surface area (Å²) in [6.07, 6.45) is 0.324. The van der Waals surface area contributed by atoms with Crippen molar-refractivity contribution in [2.24, 2.45) is 7.05 Å². The fraction of sp³-hybridized carbons (Fsp3) is 0.240. The molecule has 2 aromatic carbocycles. The van der Waals surface area contributed by atoms with Gasteiger partial charge in [0.1, 0.15) is 11.5 Å². The summed E-state index contributed by atoms with van der Waals surface area (Å²) in [6, 6.07) is 14.0. The number of nitrogens with one attached hydrogen (secondary N) is 1. The molecule has 0 aliphatic rings. The molecular weight excluding hydrogens is 407 g/mol. The standard InChI is InChI=1S/C25H25FN4O2/c1-15-9-11-18(12-10-15)30-24-23(17(3)28-30)16(2)19(25(32)29(24)4)13-14-22(31)27-21-8-6-5-7-20(21)26/h5-12H,13-14H2,1-4H3,(H,27,31). The molecule has 0 saturated carbocycles. The lowest BCUT2D eigenvalue weighted by molar-refractivity contribution is -0.116. The Morgan fingerprint density at radius 2 is 1.75 bits per heavy atom. The Morgan fingerprint density at radius 3 is 2.44 bits per heavy atom. The molecule has 0 radical (unpaired) electrons. The predicted molar refractivity (Wildman–Crippen MR) is 124 cm³/mol. The van der Waals surface area contributed by atoms with E-state index in [4.69, 9.17) is 5.10 Å².